The lowest BCUT2D eigenvalue weighted by Gasteiger charge is -2.07. The van der Waals surface area contributed by atoms with Crippen molar-refractivity contribution in [3.8, 4) is 0 Å². The number of rotatable bonds is 9. The van der Waals surface area contributed by atoms with Crippen molar-refractivity contribution in [1.82, 2.24) is 5.32 Å². The summed E-state index contributed by atoms with van der Waals surface area (Å²) in [5.41, 5.74) is 5.33. The highest BCUT2D eigenvalue weighted by molar-refractivity contribution is 5.72. The topological polar surface area (TPSA) is 102 Å². The summed E-state index contributed by atoms with van der Waals surface area (Å²) in [6.45, 7) is 2.94. The molecule has 6 nitrogen and oxygen atoms in total. The van der Waals surface area contributed by atoms with E-state index in [1.807, 2.05) is 6.92 Å². The van der Waals surface area contributed by atoms with E-state index < -0.39 is 18.1 Å². The first-order valence-electron chi connectivity index (χ1n) is 5.97. The van der Waals surface area contributed by atoms with Crippen molar-refractivity contribution >= 4 is 12.1 Å². The lowest BCUT2D eigenvalue weighted by molar-refractivity contribution is -0.138. The van der Waals surface area contributed by atoms with E-state index in [9.17, 15) is 9.59 Å². The summed E-state index contributed by atoms with van der Waals surface area (Å²) in [4.78, 5) is 21.5. The van der Waals surface area contributed by atoms with Crippen molar-refractivity contribution in [1.29, 1.82) is 0 Å². The Kier molecular flexibility index (Phi) is 9.14. The zero-order valence-electron chi connectivity index (χ0n) is 10.3. The molecule has 0 aliphatic rings. The van der Waals surface area contributed by atoms with Crippen LogP contribution in [0.25, 0.3) is 0 Å². The normalized spacial score (nSPS) is 11.9. The molecule has 17 heavy (non-hydrogen) atoms. The number of nitrogens with two attached hydrogens (primary N) is 1. The smallest absolute Gasteiger partial charge is 0.407 e. The Balaban J connectivity index is 3.33. The molecule has 1 atom stereocenters. The molecule has 100 valence electrons. The Bertz CT molecular complexity index is 234. The molecular formula is C11H22N2O4. The number of amides is 1. The molecule has 0 bridgehead atoms. The van der Waals surface area contributed by atoms with Crippen LogP contribution < -0.4 is 11.1 Å². The monoisotopic (exact) mass is 246 g/mol. The van der Waals surface area contributed by atoms with Gasteiger partial charge in [-0.15, -0.1) is 0 Å². The third-order valence-electron chi connectivity index (χ3n) is 2.26. The van der Waals surface area contributed by atoms with Crippen LogP contribution in [0.4, 0.5) is 4.79 Å². The van der Waals surface area contributed by atoms with Gasteiger partial charge in [0.2, 0.25) is 0 Å². The Hall–Kier alpha value is -1.30. The van der Waals surface area contributed by atoms with Gasteiger partial charge in [0.15, 0.2) is 0 Å². The average Bonchev–Trinajstić information content (AvgIpc) is 2.28. The maximum Gasteiger partial charge on any atom is 0.407 e. The van der Waals surface area contributed by atoms with E-state index in [0.29, 0.717) is 32.4 Å². The second-order valence-corrected chi connectivity index (χ2v) is 3.86. The summed E-state index contributed by atoms with van der Waals surface area (Å²) in [5.74, 6) is -0.989. The van der Waals surface area contributed by atoms with Gasteiger partial charge in [0, 0.05) is 6.54 Å². The predicted molar refractivity (Wildman–Crippen MR) is 63.7 cm³/mol. The summed E-state index contributed by atoms with van der Waals surface area (Å²) in [5, 5.41) is 11.1. The fourth-order valence-electron chi connectivity index (χ4n) is 1.16. The molecule has 0 aromatic carbocycles. The van der Waals surface area contributed by atoms with Crippen LogP contribution in [0.1, 0.15) is 39.0 Å². The molecule has 0 aromatic heterocycles. The van der Waals surface area contributed by atoms with Crippen LogP contribution in [0.2, 0.25) is 0 Å². The first kappa shape index (κ1) is 15.7. The van der Waals surface area contributed by atoms with Gasteiger partial charge >= 0.3 is 12.1 Å². The van der Waals surface area contributed by atoms with Crippen molar-refractivity contribution < 1.29 is 19.4 Å². The number of aliphatic carboxylic acids is 1. The number of ether oxygens (including phenoxy) is 1. The first-order chi connectivity index (χ1) is 8.07. The molecule has 0 aromatic rings. The molecule has 6 heteroatoms. The number of nitrogens with one attached hydrogen (secondary N) is 1. The van der Waals surface area contributed by atoms with Crippen LogP contribution in [0, 0.1) is 0 Å². The predicted octanol–water partition coefficient (Wildman–Crippen LogP) is 1.09. The van der Waals surface area contributed by atoms with Crippen LogP contribution in [0.3, 0.4) is 0 Å². The number of hydrogen-bond acceptors (Lipinski definition) is 4. The highest BCUT2D eigenvalue weighted by Gasteiger charge is 2.10. The molecule has 0 spiro atoms. The van der Waals surface area contributed by atoms with E-state index in [0.717, 1.165) is 12.8 Å². The molecule has 0 fully saturated rings. The first-order valence-corrected chi connectivity index (χ1v) is 5.97. The molecule has 0 radical (unpaired) electrons. The zero-order chi connectivity index (χ0) is 13.1. The summed E-state index contributed by atoms with van der Waals surface area (Å²) < 4.78 is 4.88. The van der Waals surface area contributed by atoms with Gasteiger partial charge in [0.05, 0.1) is 6.61 Å². The Labute approximate surface area is 102 Å². The Morgan fingerprint density at radius 2 is 2.06 bits per heavy atom. The molecule has 0 aliphatic heterocycles. The standard InChI is InChI=1S/C11H22N2O4/c1-2-3-8-17-11(16)13-7-5-4-6-9(12)10(14)15/h9H,2-8,12H2,1H3,(H,13,16)(H,14,15). The minimum Gasteiger partial charge on any atom is -0.480 e. The molecular weight excluding hydrogens is 224 g/mol. The van der Waals surface area contributed by atoms with E-state index in [1.165, 1.54) is 0 Å². The summed E-state index contributed by atoms with van der Waals surface area (Å²) >= 11 is 0. The van der Waals surface area contributed by atoms with Gasteiger partial charge in [-0.1, -0.05) is 13.3 Å². The maximum atomic E-state index is 11.1. The second-order valence-electron chi connectivity index (χ2n) is 3.86. The highest BCUT2D eigenvalue weighted by atomic mass is 16.5. The molecule has 1 unspecified atom stereocenters. The number of carboxylic acids is 1. The second kappa shape index (κ2) is 9.89. The zero-order valence-corrected chi connectivity index (χ0v) is 10.3. The van der Waals surface area contributed by atoms with E-state index >= 15 is 0 Å². The number of hydrogen-bond donors (Lipinski definition) is 3. The lowest BCUT2D eigenvalue weighted by Crippen LogP contribution is -2.30. The Morgan fingerprint density at radius 1 is 1.35 bits per heavy atom. The number of unbranched alkanes of at least 4 members (excludes halogenated alkanes) is 2. The van der Waals surface area contributed by atoms with Crippen molar-refractivity contribution in [3.05, 3.63) is 0 Å². The van der Waals surface area contributed by atoms with Crippen molar-refractivity contribution in [2.45, 2.75) is 45.1 Å². The van der Waals surface area contributed by atoms with E-state index in [-0.39, 0.29) is 0 Å². The molecule has 4 N–H and O–H groups in total. The van der Waals surface area contributed by atoms with Gasteiger partial charge < -0.3 is 20.9 Å². The average molecular weight is 246 g/mol. The summed E-state index contributed by atoms with van der Waals surface area (Å²) in [6, 6.07) is -0.813. The minimum absolute atomic E-state index is 0.416. The number of carboxylic acid groups (broad SMARTS) is 1. The lowest BCUT2D eigenvalue weighted by atomic mass is 10.1. The van der Waals surface area contributed by atoms with Crippen LogP contribution in [0.5, 0.6) is 0 Å². The molecule has 1 amide bonds. The quantitative estimate of drug-likeness (QED) is 0.529. The van der Waals surface area contributed by atoms with Gasteiger partial charge in [0.1, 0.15) is 6.04 Å². The van der Waals surface area contributed by atoms with Crippen LogP contribution in [-0.2, 0) is 9.53 Å². The van der Waals surface area contributed by atoms with Crippen LogP contribution >= 0.6 is 0 Å². The van der Waals surface area contributed by atoms with Crippen LogP contribution in [-0.4, -0.2) is 36.4 Å². The number of carbonyl (C=O) groups is 2. The maximum absolute atomic E-state index is 11.1. The molecule has 0 saturated carbocycles. The summed E-state index contributed by atoms with van der Waals surface area (Å²) in [6.07, 6.45) is 3.22. The van der Waals surface area contributed by atoms with Gasteiger partial charge in [0.25, 0.3) is 0 Å². The highest BCUT2D eigenvalue weighted by Crippen LogP contribution is 1.98. The van der Waals surface area contributed by atoms with Crippen molar-refractivity contribution in [2.24, 2.45) is 5.73 Å². The van der Waals surface area contributed by atoms with Crippen molar-refractivity contribution in [2.75, 3.05) is 13.2 Å². The molecule has 0 saturated heterocycles. The largest absolute Gasteiger partial charge is 0.480 e. The SMILES string of the molecule is CCCCOC(=O)NCCCCC(N)C(=O)O. The fraction of sp³-hybridized carbons (Fsp3) is 0.818. The van der Waals surface area contributed by atoms with Crippen molar-refractivity contribution in [3.63, 3.8) is 0 Å². The van der Waals surface area contributed by atoms with Gasteiger partial charge in [-0.25, -0.2) is 4.79 Å². The molecule has 0 heterocycles. The third-order valence-corrected chi connectivity index (χ3v) is 2.26. The molecule has 0 rings (SSSR count). The number of alkyl carbamates (subject to hydrolysis) is 1. The third kappa shape index (κ3) is 9.62. The van der Waals surface area contributed by atoms with Gasteiger partial charge in [-0.2, -0.15) is 0 Å². The summed E-state index contributed by atoms with van der Waals surface area (Å²) in [7, 11) is 0. The van der Waals surface area contributed by atoms with E-state index in [2.05, 4.69) is 5.32 Å². The fourth-order valence-corrected chi connectivity index (χ4v) is 1.16. The molecule has 0 aliphatic carbocycles. The minimum atomic E-state index is -0.989. The Morgan fingerprint density at radius 3 is 2.65 bits per heavy atom. The van der Waals surface area contributed by atoms with E-state index in [4.69, 9.17) is 15.6 Å². The van der Waals surface area contributed by atoms with Gasteiger partial charge in [-0.05, 0) is 25.7 Å². The van der Waals surface area contributed by atoms with E-state index in [1.54, 1.807) is 0 Å². The van der Waals surface area contributed by atoms with Crippen LogP contribution in [0.15, 0.2) is 0 Å². The number of carbonyl (C=O) groups excluding carboxylic acids is 1. The van der Waals surface area contributed by atoms with Gasteiger partial charge in [-0.3, -0.25) is 4.79 Å².